The van der Waals surface area contributed by atoms with Gasteiger partial charge >= 0.3 is 0 Å². The molecule has 0 spiro atoms. The number of nitriles is 1. The molecule has 2 aromatic carbocycles. The van der Waals surface area contributed by atoms with Gasteiger partial charge in [-0.05, 0) is 43.0 Å². The Balaban J connectivity index is 2.00. The first kappa shape index (κ1) is 14.9. The molecule has 0 N–H and O–H groups in total. The average molecular weight is 311 g/mol. The smallest absolute Gasteiger partial charge is 0.101 e. The van der Waals surface area contributed by atoms with Gasteiger partial charge in [-0.3, -0.25) is 0 Å². The summed E-state index contributed by atoms with van der Waals surface area (Å²) >= 11 is 6.24. The summed E-state index contributed by atoms with van der Waals surface area (Å²) in [5.41, 5.74) is 3.00. The Labute approximate surface area is 136 Å². The van der Waals surface area contributed by atoms with Gasteiger partial charge in [-0.15, -0.1) is 0 Å². The Morgan fingerprint density at radius 1 is 1.18 bits per heavy atom. The number of nitrogens with zero attached hydrogens (tertiary/aromatic N) is 2. The number of hydrogen-bond donors (Lipinski definition) is 0. The van der Waals surface area contributed by atoms with Crippen molar-refractivity contribution in [1.82, 2.24) is 0 Å². The zero-order valence-corrected chi connectivity index (χ0v) is 13.4. The van der Waals surface area contributed by atoms with E-state index in [0.717, 1.165) is 18.5 Å². The van der Waals surface area contributed by atoms with Crippen molar-refractivity contribution >= 4 is 17.3 Å². The molecular formula is C19H19ClN2. The summed E-state index contributed by atoms with van der Waals surface area (Å²) in [6.07, 6.45) is 3.45. The number of benzene rings is 2. The molecule has 1 aliphatic rings. The van der Waals surface area contributed by atoms with Crippen LogP contribution in [0.2, 0.25) is 5.02 Å². The summed E-state index contributed by atoms with van der Waals surface area (Å²) in [7, 11) is 0. The average Bonchev–Trinajstić information content (AvgIpc) is 2.99. The fraction of sp³-hybridized carbons (Fsp3) is 0.316. The van der Waals surface area contributed by atoms with Crippen LogP contribution in [-0.2, 0) is 0 Å². The van der Waals surface area contributed by atoms with Gasteiger partial charge in [-0.25, -0.2) is 0 Å². The topological polar surface area (TPSA) is 27.0 Å². The fourth-order valence-corrected chi connectivity index (χ4v) is 3.65. The lowest BCUT2D eigenvalue weighted by Gasteiger charge is -2.32. The van der Waals surface area contributed by atoms with Crippen molar-refractivity contribution in [3.63, 3.8) is 0 Å². The number of anilines is 1. The van der Waals surface area contributed by atoms with Crippen LogP contribution in [-0.4, -0.2) is 6.04 Å². The molecular weight excluding hydrogens is 292 g/mol. The Kier molecular flexibility index (Phi) is 4.36. The van der Waals surface area contributed by atoms with Crippen LogP contribution < -0.4 is 4.90 Å². The third-order valence-electron chi connectivity index (χ3n) is 4.53. The van der Waals surface area contributed by atoms with Gasteiger partial charge in [0.15, 0.2) is 0 Å². The summed E-state index contributed by atoms with van der Waals surface area (Å²) in [5, 5.41) is 9.59. The van der Waals surface area contributed by atoms with E-state index in [2.05, 4.69) is 48.2 Å². The molecule has 0 saturated carbocycles. The largest absolute Gasteiger partial charge is 0.361 e. The third-order valence-corrected chi connectivity index (χ3v) is 4.84. The molecule has 0 radical (unpaired) electrons. The second-order valence-electron chi connectivity index (χ2n) is 5.75. The molecule has 3 heteroatoms. The molecule has 1 aliphatic heterocycles. The van der Waals surface area contributed by atoms with Gasteiger partial charge in [-0.1, -0.05) is 48.9 Å². The zero-order chi connectivity index (χ0) is 15.5. The Hall–Kier alpha value is -1.98. The number of hydrogen-bond acceptors (Lipinski definition) is 2. The molecule has 0 aliphatic carbocycles. The van der Waals surface area contributed by atoms with E-state index in [1.54, 1.807) is 0 Å². The van der Waals surface area contributed by atoms with E-state index >= 15 is 0 Å². The molecule has 2 aromatic rings. The van der Waals surface area contributed by atoms with Crippen molar-refractivity contribution in [1.29, 1.82) is 5.26 Å². The molecule has 3 rings (SSSR count). The lowest BCUT2D eigenvalue weighted by molar-refractivity contribution is 0.624. The molecule has 22 heavy (non-hydrogen) atoms. The Morgan fingerprint density at radius 3 is 2.59 bits per heavy atom. The van der Waals surface area contributed by atoms with E-state index in [9.17, 15) is 0 Å². The van der Waals surface area contributed by atoms with E-state index in [4.69, 9.17) is 16.9 Å². The molecule has 0 amide bonds. The Morgan fingerprint density at radius 2 is 1.95 bits per heavy atom. The minimum absolute atomic E-state index is 0.384. The Bertz CT molecular complexity index is 690. The van der Waals surface area contributed by atoms with Crippen LogP contribution in [0.1, 0.15) is 43.4 Å². The van der Waals surface area contributed by atoms with Crippen LogP contribution in [0.4, 0.5) is 5.69 Å². The first-order valence-corrected chi connectivity index (χ1v) is 8.15. The fourth-order valence-electron chi connectivity index (χ4n) is 3.43. The molecule has 1 heterocycles. The maximum Gasteiger partial charge on any atom is 0.101 e. The minimum Gasteiger partial charge on any atom is -0.361 e. The van der Waals surface area contributed by atoms with Gasteiger partial charge in [0.05, 0.1) is 16.6 Å². The second kappa shape index (κ2) is 6.42. The van der Waals surface area contributed by atoms with Crippen molar-refractivity contribution in [2.45, 2.75) is 38.3 Å². The van der Waals surface area contributed by atoms with E-state index in [0.29, 0.717) is 22.7 Å². The van der Waals surface area contributed by atoms with Crippen LogP contribution in [0.3, 0.4) is 0 Å². The first-order chi connectivity index (χ1) is 10.7. The summed E-state index contributed by atoms with van der Waals surface area (Å²) < 4.78 is 0. The van der Waals surface area contributed by atoms with E-state index in [1.807, 2.05) is 18.2 Å². The van der Waals surface area contributed by atoms with Gasteiger partial charge in [-0.2, -0.15) is 5.26 Å². The highest BCUT2D eigenvalue weighted by Crippen LogP contribution is 2.41. The van der Waals surface area contributed by atoms with E-state index in [1.165, 1.54) is 12.0 Å². The van der Waals surface area contributed by atoms with Crippen LogP contribution in [0.15, 0.2) is 48.5 Å². The second-order valence-corrected chi connectivity index (χ2v) is 6.16. The van der Waals surface area contributed by atoms with E-state index in [-0.39, 0.29) is 0 Å². The van der Waals surface area contributed by atoms with Gasteiger partial charge in [0, 0.05) is 11.7 Å². The molecule has 1 saturated heterocycles. The molecule has 2 nitrogen and oxygen atoms in total. The highest BCUT2D eigenvalue weighted by molar-refractivity contribution is 6.32. The molecule has 2 atom stereocenters. The number of halogens is 1. The van der Waals surface area contributed by atoms with Crippen LogP contribution in [0.5, 0.6) is 0 Å². The summed E-state index contributed by atoms with van der Waals surface area (Å²) in [4.78, 5) is 2.47. The van der Waals surface area contributed by atoms with Crippen LogP contribution in [0.25, 0.3) is 0 Å². The molecule has 112 valence electrons. The van der Waals surface area contributed by atoms with Gasteiger partial charge in [0.2, 0.25) is 0 Å². The maximum absolute atomic E-state index is 9.05. The summed E-state index contributed by atoms with van der Waals surface area (Å²) in [6, 6.07) is 19.5. The third kappa shape index (κ3) is 2.69. The lowest BCUT2D eigenvalue weighted by Crippen LogP contribution is -2.31. The lowest BCUT2D eigenvalue weighted by atomic mass is 10.0. The van der Waals surface area contributed by atoms with E-state index < -0.39 is 0 Å². The van der Waals surface area contributed by atoms with Gasteiger partial charge in [0.1, 0.15) is 6.07 Å². The van der Waals surface area contributed by atoms with Crippen LogP contribution >= 0.6 is 11.6 Å². The molecule has 1 fully saturated rings. The normalized spacial score (nSPS) is 20.9. The van der Waals surface area contributed by atoms with Crippen molar-refractivity contribution in [2.75, 3.05) is 4.90 Å². The number of rotatable bonds is 3. The maximum atomic E-state index is 9.05. The van der Waals surface area contributed by atoms with Crippen molar-refractivity contribution in [3.05, 3.63) is 64.7 Å². The highest BCUT2D eigenvalue weighted by Gasteiger charge is 2.33. The summed E-state index contributed by atoms with van der Waals surface area (Å²) in [5.74, 6) is 0. The SMILES string of the molecule is CCC1CCC(c2ccccc2)N1c1ccc(C#N)c(Cl)c1. The van der Waals surface area contributed by atoms with Crippen molar-refractivity contribution in [2.24, 2.45) is 0 Å². The predicted octanol–water partition coefficient (Wildman–Crippen LogP) is 5.33. The zero-order valence-electron chi connectivity index (χ0n) is 12.7. The van der Waals surface area contributed by atoms with Gasteiger partial charge < -0.3 is 4.90 Å². The summed E-state index contributed by atoms with van der Waals surface area (Å²) in [6.45, 7) is 2.23. The molecule has 2 unspecified atom stereocenters. The predicted molar refractivity (Wildman–Crippen MR) is 91.1 cm³/mol. The standard InChI is InChI=1S/C19H19ClN2/c1-2-16-10-11-19(14-6-4-3-5-7-14)22(16)17-9-8-15(13-21)18(20)12-17/h3-9,12,16,19H,2,10-11H2,1H3. The van der Waals surface area contributed by atoms with Crippen molar-refractivity contribution in [3.8, 4) is 6.07 Å². The van der Waals surface area contributed by atoms with Gasteiger partial charge in [0.25, 0.3) is 0 Å². The van der Waals surface area contributed by atoms with Crippen molar-refractivity contribution < 1.29 is 0 Å². The highest BCUT2D eigenvalue weighted by atomic mass is 35.5. The quantitative estimate of drug-likeness (QED) is 0.766. The molecule has 0 aromatic heterocycles. The van der Waals surface area contributed by atoms with Crippen LogP contribution in [0, 0.1) is 11.3 Å². The molecule has 0 bridgehead atoms. The minimum atomic E-state index is 0.384. The first-order valence-electron chi connectivity index (χ1n) is 7.77. The monoisotopic (exact) mass is 310 g/mol.